The number of aromatic nitrogens is 2. The number of fused-ring (bicyclic) bond motifs is 6. The Morgan fingerprint density at radius 1 is 0.283 bits per heavy atom. The molecule has 0 radical (unpaired) electrons. The van der Waals surface area contributed by atoms with Crippen molar-refractivity contribution in [2.45, 2.75) is 38.9 Å². The minimum atomic E-state index is -0.378. The summed E-state index contributed by atoms with van der Waals surface area (Å²) in [5.41, 5.74) is 21.9. The second-order valence-electron chi connectivity index (χ2n) is 24.3. The van der Waals surface area contributed by atoms with Gasteiger partial charge in [0, 0.05) is 45.4 Å². The minimum Gasteiger partial charge on any atom is -0.399 e. The van der Waals surface area contributed by atoms with Gasteiger partial charge >= 0.3 is 7.12 Å². The van der Waals surface area contributed by atoms with E-state index in [9.17, 15) is 0 Å². The van der Waals surface area contributed by atoms with Gasteiger partial charge in [0.15, 0.2) is 0 Å². The standard InChI is InChI=1S/C42H36BNO2.C36H24BrN.C6H4BrI/c1-41(2)42(3,4)46-43(45-41)35-14-10-13-33(27-35)31-17-19-32(20-18-31)34-23-26-38-37-15-8-9-16-39(37)44(40(38)28-34)36-24-21-30(22-25-36)29-11-6-5-7-12-29;37-31-13-7-12-29(23-31)27-10-6-11-28(22-27)30-18-21-34-33-14-4-5-15-35(33)38(36(34)24-30)32-19-16-26(17-20-32)25-8-2-1-3-9-25;7-5-2-1-3-6(8)4-5/h5-28H,1-4H3;1-24H;1-4H. The fraction of sp³-hybridized carbons (Fsp3) is 0.0714. The third-order valence-corrected chi connectivity index (χ3v) is 19.6. The van der Waals surface area contributed by atoms with Gasteiger partial charge in [0.2, 0.25) is 0 Å². The topological polar surface area (TPSA) is 28.3 Å². The summed E-state index contributed by atoms with van der Waals surface area (Å²) in [6, 6.07) is 113. The summed E-state index contributed by atoms with van der Waals surface area (Å²) < 4.78 is 20.9. The minimum absolute atomic E-state index is 0.367. The molecule has 0 atom stereocenters. The molecule has 0 amide bonds. The van der Waals surface area contributed by atoms with Crippen LogP contribution in [0.5, 0.6) is 0 Å². The molecule has 0 N–H and O–H groups in total. The molecule has 0 aliphatic carbocycles. The van der Waals surface area contributed by atoms with Gasteiger partial charge in [0.05, 0.1) is 33.3 Å². The largest absolute Gasteiger partial charge is 0.494 e. The van der Waals surface area contributed by atoms with E-state index in [2.05, 4.69) is 395 Å². The molecule has 15 aromatic rings. The quantitative estimate of drug-likeness (QED) is 0.106. The van der Waals surface area contributed by atoms with E-state index in [-0.39, 0.29) is 18.3 Å². The van der Waals surface area contributed by atoms with Crippen LogP contribution in [-0.4, -0.2) is 27.5 Å². The van der Waals surface area contributed by atoms with Gasteiger partial charge < -0.3 is 18.4 Å². The molecule has 2 aromatic heterocycles. The Kier molecular flexibility index (Phi) is 17.2. The van der Waals surface area contributed by atoms with Gasteiger partial charge in [-0.25, -0.2) is 0 Å². The zero-order valence-electron chi connectivity index (χ0n) is 51.4. The first-order valence-electron chi connectivity index (χ1n) is 31.0. The summed E-state index contributed by atoms with van der Waals surface area (Å²) in [5.74, 6) is 0. The molecule has 446 valence electrons. The lowest BCUT2D eigenvalue weighted by atomic mass is 9.78. The van der Waals surface area contributed by atoms with E-state index in [0.29, 0.717) is 0 Å². The number of hydrogen-bond donors (Lipinski definition) is 0. The monoisotopic (exact) mass is 1430 g/mol. The van der Waals surface area contributed by atoms with Crippen LogP contribution >= 0.6 is 54.5 Å². The number of nitrogens with zero attached hydrogens (tertiary/aromatic N) is 2. The average Bonchev–Trinajstić information content (AvgIpc) is 1.67. The van der Waals surface area contributed by atoms with Crippen LogP contribution in [0.3, 0.4) is 0 Å². The zero-order chi connectivity index (χ0) is 62.9. The Balaban J connectivity index is 0.000000144. The molecule has 1 aliphatic heterocycles. The summed E-state index contributed by atoms with van der Waals surface area (Å²) in [5, 5.41) is 5.04. The highest BCUT2D eigenvalue weighted by atomic mass is 127. The summed E-state index contributed by atoms with van der Waals surface area (Å²) in [7, 11) is -0.378. The molecule has 0 spiro atoms. The van der Waals surface area contributed by atoms with Crippen molar-refractivity contribution in [1.29, 1.82) is 0 Å². The molecule has 0 bridgehead atoms. The van der Waals surface area contributed by atoms with Crippen LogP contribution in [0.2, 0.25) is 0 Å². The molecular weight excluding hydrogens is 1370 g/mol. The van der Waals surface area contributed by atoms with Gasteiger partial charge in [-0.15, -0.1) is 0 Å². The van der Waals surface area contributed by atoms with E-state index in [1.54, 1.807) is 0 Å². The lowest BCUT2D eigenvalue weighted by Crippen LogP contribution is -2.41. The fourth-order valence-corrected chi connectivity index (χ4v) is 14.2. The summed E-state index contributed by atoms with van der Waals surface area (Å²) >= 11 is 9.24. The molecule has 3 heterocycles. The highest BCUT2D eigenvalue weighted by molar-refractivity contribution is 14.1. The summed E-state index contributed by atoms with van der Waals surface area (Å²) in [6.45, 7) is 8.37. The van der Waals surface area contributed by atoms with Crippen molar-refractivity contribution in [1.82, 2.24) is 9.13 Å². The summed E-state index contributed by atoms with van der Waals surface area (Å²) in [6.07, 6.45) is 0. The van der Waals surface area contributed by atoms with Crippen molar-refractivity contribution in [3.05, 3.63) is 328 Å². The maximum atomic E-state index is 6.32. The van der Waals surface area contributed by atoms with Crippen LogP contribution in [-0.2, 0) is 9.31 Å². The van der Waals surface area contributed by atoms with Crippen molar-refractivity contribution in [2.75, 3.05) is 0 Å². The van der Waals surface area contributed by atoms with E-state index in [0.717, 1.165) is 36.9 Å². The van der Waals surface area contributed by atoms with E-state index in [1.165, 1.54) is 103 Å². The SMILES string of the molecule is Brc1cccc(-c2cccc(-c3ccc4c5ccccc5n(-c5ccc(-c6ccccc6)cc5)c4c3)c2)c1.Brc1cccc(I)c1.CC1(C)OB(c2cccc(-c3ccc(-c4ccc5c6ccccc6n(-c6ccc(-c7ccccc7)cc6)c5c4)cc3)c2)OC1(C)C. The number of hydrogen-bond acceptors (Lipinski definition) is 2. The van der Waals surface area contributed by atoms with Crippen LogP contribution in [0.25, 0.3) is 122 Å². The third-order valence-electron chi connectivity index (χ3n) is 17.9. The van der Waals surface area contributed by atoms with Gasteiger partial charge in [0.25, 0.3) is 0 Å². The first-order chi connectivity index (χ1) is 44.8. The second kappa shape index (κ2) is 26.0. The predicted molar refractivity (Wildman–Crippen MR) is 404 cm³/mol. The molecule has 1 fully saturated rings. The van der Waals surface area contributed by atoms with E-state index >= 15 is 0 Å². The molecule has 8 heteroatoms. The Bertz CT molecular complexity index is 5110. The molecule has 16 rings (SSSR count). The van der Waals surface area contributed by atoms with E-state index in [4.69, 9.17) is 9.31 Å². The van der Waals surface area contributed by atoms with Crippen molar-refractivity contribution in [3.63, 3.8) is 0 Å². The smallest absolute Gasteiger partial charge is 0.399 e. The first kappa shape index (κ1) is 60.7. The molecule has 92 heavy (non-hydrogen) atoms. The lowest BCUT2D eigenvalue weighted by Gasteiger charge is -2.32. The Morgan fingerprint density at radius 3 is 1.07 bits per heavy atom. The maximum absolute atomic E-state index is 6.32. The van der Waals surface area contributed by atoms with Gasteiger partial charge in [-0.3, -0.25) is 0 Å². The Labute approximate surface area is 569 Å². The molecule has 13 aromatic carbocycles. The van der Waals surface area contributed by atoms with Crippen LogP contribution in [0, 0.1) is 3.57 Å². The normalized spacial score (nSPS) is 13.2. The van der Waals surface area contributed by atoms with Crippen molar-refractivity contribution < 1.29 is 9.31 Å². The van der Waals surface area contributed by atoms with Crippen LogP contribution in [0.4, 0.5) is 0 Å². The highest BCUT2D eigenvalue weighted by Gasteiger charge is 2.51. The molecular formula is C84H64BBr2IN2O2. The van der Waals surface area contributed by atoms with Gasteiger partial charge in [0.1, 0.15) is 0 Å². The second-order valence-corrected chi connectivity index (χ2v) is 27.4. The summed E-state index contributed by atoms with van der Waals surface area (Å²) in [4.78, 5) is 0. The molecule has 1 aliphatic rings. The van der Waals surface area contributed by atoms with Crippen LogP contribution in [0.15, 0.2) is 324 Å². The Hall–Kier alpha value is -8.87. The number of halogens is 3. The van der Waals surface area contributed by atoms with Crippen molar-refractivity contribution in [3.8, 4) is 78.1 Å². The molecule has 4 nitrogen and oxygen atoms in total. The Morgan fingerprint density at radius 2 is 0.609 bits per heavy atom. The van der Waals surface area contributed by atoms with E-state index < -0.39 is 0 Å². The molecule has 1 saturated heterocycles. The fourth-order valence-electron chi connectivity index (χ4n) is 12.4. The highest BCUT2D eigenvalue weighted by Crippen LogP contribution is 2.40. The van der Waals surface area contributed by atoms with Crippen molar-refractivity contribution in [2.24, 2.45) is 0 Å². The molecule has 0 unspecified atom stereocenters. The maximum Gasteiger partial charge on any atom is 0.494 e. The number of rotatable bonds is 9. The van der Waals surface area contributed by atoms with Crippen LogP contribution < -0.4 is 5.46 Å². The third kappa shape index (κ3) is 12.5. The van der Waals surface area contributed by atoms with Crippen LogP contribution in [0.1, 0.15) is 27.7 Å². The lowest BCUT2D eigenvalue weighted by molar-refractivity contribution is 0.00578. The average molecular weight is 1430 g/mol. The first-order valence-corrected chi connectivity index (χ1v) is 33.7. The van der Waals surface area contributed by atoms with Crippen molar-refractivity contribution >= 4 is 111 Å². The van der Waals surface area contributed by atoms with Gasteiger partial charge in [-0.2, -0.15) is 0 Å². The number of benzene rings is 13. The molecule has 0 saturated carbocycles. The predicted octanol–water partition coefficient (Wildman–Crippen LogP) is 23.7. The van der Waals surface area contributed by atoms with Gasteiger partial charge in [-0.1, -0.05) is 262 Å². The van der Waals surface area contributed by atoms with Gasteiger partial charge in [-0.05, 0) is 207 Å². The van der Waals surface area contributed by atoms with E-state index in [1.807, 2.05) is 12.1 Å². The zero-order valence-corrected chi connectivity index (χ0v) is 56.8. The number of para-hydroxylation sites is 2.